The van der Waals surface area contributed by atoms with Crippen LogP contribution >= 0.6 is 0 Å². The fourth-order valence-electron chi connectivity index (χ4n) is 2.27. The van der Waals surface area contributed by atoms with Gasteiger partial charge in [0, 0.05) is 19.3 Å². The fraction of sp³-hybridized carbons (Fsp3) is 1.00. The van der Waals surface area contributed by atoms with Crippen LogP contribution in [0.25, 0.3) is 0 Å². The average Bonchev–Trinajstić information content (AvgIpc) is 2.22. The van der Waals surface area contributed by atoms with E-state index in [1.54, 1.807) is 0 Å². The van der Waals surface area contributed by atoms with Crippen LogP contribution in [0.5, 0.6) is 0 Å². The molecule has 0 aromatic carbocycles. The molecule has 0 aliphatic rings. The minimum atomic E-state index is 0.591. The standard InChI is InChI=1S/C15H33NO/c1-7-16-14(6)15(13(4)5)9-11-17-10-8-12(2)3/h12-16H,7-11H2,1-6H3. The molecule has 0 aromatic heterocycles. The quantitative estimate of drug-likeness (QED) is 0.591. The Morgan fingerprint density at radius 1 is 0.941 bits per heavy atom. The smallest absolute Gasteiger partial charge is 0.0469 e. The normalized spacial score (nSPS) is 15.5. The topological polar surface area (TPSA) is 21.3 Å². The van der Waals surface area contributed by atoms with E-state index in [-0.39, 0.29) is 0 Å². The zero-order valence-electron chi connectivity index (χ0n) is 12.8. The maximum Gasteiger partial charge on any atom is 0.0469 e. The summed E-state index contributed by atoms with van der Waals surface area (Å²) in [6, 6.07) is 0.591. The first-order valence-electron chi connectivity index (χ1n) is 7.30. The SMILES string of the molecule is CCNC(C)C(CCOCCC(C)C)C(C)C. The van der Waals surface area contributed by atoms with E-state index in [1.165, 1.54) is 12.8 Å². The van der Waals surface area contributed by atoms with Gasteiger partial charge in [-0.1, -0.05) is 34.6 Å². The van der Waals surface area contributed by atoms with Crippen molar-refractivity contribution >= 4 is 0 Å². The van der Waals surface area contributed by atoms with Crippen LogP contribution < -0.4 is 5.32 Å². The first-order valence-corrected chi connectivity index (χ1v) is 7.30. The minimum absolute atomic E-state index is 0.591. The first kappa shape index (κ1) is 16.9. The highest BCUT2D eigenvalue weighted by Gasteiger charge is 2.19. The third-order valence-corrected chi connectivity index (χ3v) is 3.46. The van der Waals surface area contributed by atoms with Gasteiger partial charge in [0.15, 0.2) is 0 Å². The maximum absolute atomic E-state index is 5.73. The van der Waals surface area contributed by atoms with Crippen LogP contribution in [0.3, 0.4) is 0 Å². The summed E-state index contributed by atoms with van der Waals surface area (Å²) in [7, 11) is 0. The van der Waals surface area contributed by atoms with E-state index in [4.69, 9.17) is 4.74 Å². The van der Waals surface area contributed by atoms with Gasteiger partial charge in [-0.25, -0.2) is 0 Å². The summed E-state index contributed by atoms with van der Waals surface area (Å²) in [5.74, 6) is 2.18. The van der Waals surface area contributed by atoms with Crippen molar-refractivity contribution in [2.75, 3.05) is 19.8 Å². The molecule has 0 aliphatic carbocycles. The second-order valence-corrected chi connectivity index (χ2v) is 5.84. The lowest BCUT2D eigenvalue weighted by molar-refractivity contribution is 0.0975. The van der Waals surface area contributed by atoms with Crippen molar-refractivity contribution in [2.45, 2.75) is 60.4 Å². The van der Waals surface area contributed by atoms with E-state index in [2.05, 4.69) is 46.9 Å². The molecule has 0 rings (SSSR count). The van der Waals surface area contributed by atoms with Gasteiger partial charge in [0.25, 0.3) is 0 Å². The van der Waals surface area contributed by atoms with Gasteiger partial charge in [0.05, 0.1) is 0 Å². The molecule has 0 aromatic rings. The average molecular weight is 243 g/mol. The van der Waals surface area contributed by atoms with Gasteiger partial charge in [0.1, 0.15) is 0 Å². The summed E-state index contributed by atoms with van der Waals surface area (Å²) in [4.78, 5) is 0. The largest absolute Gasteiger partial charge is 0.381 e. The number of rotatable bonds is 10. The lowest BCUT2D eigenvalue weighted by Gasteiger charge is -2.28. The Bertz CT molecular complexity index is 168. The Balaban J connectivity index is 3.78. The number of hydrogen-bond acceptors (Lipinski definition) is 2. The monoisotopic (exact) mass is 243 g/mol. The molecule has 0 spiro atoms. The molecule has 0 aliphatic heterocycles. The van der Waals surface area contributed by atoms with Crippen LogP contribution in [0.1, 0.15) is 54.4 Å². The van der Waals surface area contributed by atoms with Gasteiger partial charge in [-0.05, 0) is 44.1 Å². The Morgan fingerprint density at radius 3 is 2.00 bits per heavy atom. The fourth-order valence-corrected chi connectivity index (χ4v) is 2.27. The van der Waals surface area contributed by atoms with E-state index >= 15 is 0 Å². The molecule has 2 atom stereocenters. The molecule has 0 heterocycles. The van der Waals surface area contributed by atoms with Crippen molar-refractivity contribution in [3.8, 4) is 0 Å². The summed E-state index contributed by atoms with van der Waals surface area (Å²) in [5.41, 5.74) is 0. The third-order valence-electron chi connectivity index (χ3n) is 3.46. The first-order chi connectivity index (χ1) is 7.99. The number of hydrogen-bond donors (Lipinski definition) is 1. The van der Waals surface area contributed by atoms with Crippen LogP contribution in [-0.2, 0) is 4.74 Å². The van der Waals surface area contributed by atoms with Gasteiger partial charge in [-0.15, -0.1) is 0 Å². The van der Waals surface area contributed by atoms with Gasteiger partial charge >= 0.3 is 0 Å². The molecule has 0 saturated carbocycles. The number of nitrogens with one attached hydrogen (secondary N) is 1. The lowest BCUT2D eigenvalue weighted by Crippen LogP contribution is -2.36. The Kier molecular flexibility index (Phi) is 9.85. The van der Waals surface area contributed by atoms with E-state index in [9.17, 15) is 0 Å². The Hall–Kier alpha value is -0.0800. The molecule has 17 heavy (non-hydrogen) atoms. The second-order valence-electron chi connectivity index (χ2n) is 5.84. The molecule has 1 N–H and O–H groups in total. The highest BCUT2D eigenvalue weighted by molar-refractivity contribution is 4.74. The lowest BCUT2D eigenvalue weighted by atomic mass is 9.86. The third kappa shape index (κ3) is 8.62. The predicted octanol–water partition coefficient (Wildman–Crippen LogP) is 3.71. The van der Waals surface area contributed by atoms with Crippen molar-refractivity contribution in [1.82, 2.24) is 5.32 Å². The molecule has 0 amide bonds. The van der Waals surface area contributed by atoms with Crippen LogP contribution in [-0.4, -0.2) is 25.8 Å². The van der Waals surface area contributed by atoms with E-state index in [1.807, 2.05) is 0 Å². The maximum atomic E-state index is 5.73. The molecular weight excluding hydrogens is 210 g/mol. The van der Waals surface area contributed by atoms with Crippen molar-refractivity contribution in [1.29, 1.82) is 0 Å². The summed E-state index contributed by atoms with van der Waals surface area (Å²) in [5, 5.41) is 3.53. The second kappa shape index (κ2) is 9.90. The van der Waals surface area contributed by atoms with Crippen molar-refractivity contribution in [2.24, 2.45) is 17.8 Å². The minimum Gasteiger partial charge on any atom is -0.381 e. The molecule has 2 nitrogen and oxygen atoms in total. The molecule has 0 saturated heterocycles. The van der Waals surface area contributed by atoms with Crippen LogP contribution in [0.2, 0.25) is 0 Å². The van der Waals surface area contributed by atoms with Crippen LogP contribution in [0.4, 0.5) is 0 Å². The summed E-state index contributed by atoms with van der Waals surface area (Å²) in [6.45, 7) is 16.5. The van der Waals surface area contributed by atoms with Crippen LogP contribution in [0.15, 0.2) is 0 Å². The van der Waals surface area contributed by atoms with Crippen molar-refractivity contribution < 1.29 is 4.74 Å². The molecule has 2 unspecified atom stereocenters. The van der Waals surface area contributed by atoms with Crippen molar-refractivity contribution in [3.05, 3.63) is 0 Å². The zero-order valence-corrected chi connectivity index (χ0v) is 12.8. The van der Waals surface area contributed by atoms with E-state index in [0.717, 1.165) is 31.6 Å². The van der Waals surface area contributed by atoms with Gasteiger partial charge < -0.3 is 10.1 Å². The molecule has 104 valence electrons. The van der Waals surface area contributed by atoms with Crippen LogP contribution in [0, 0.1) is 17.8 Å². The molecule has 0 fully saturated rings. The van der Waals surface area contributed by atoms with Gasteiger partial charge in [-0.3, -0.25) is 0 Å². The summed E-state index contributed by atoms with van der Waals surface area (Å²) in [6.07, 6.45) is 2.35. The van der Waals surface area contributed by atoms with Gasteiger partial charge in [-0.2, -0.15) is 0 Å². The van der Waals surface area contributed by atoms with Crippen molar-refractivity contribution in [3.63, 3.8) is 0 Å². The zero-order chi connectivity index (χ0) is 13.3. The molecule has 0 radical (unpaired) electrons. The highest BCUT2D eigenvalue weighted by atomic mass is 16.5. The van der Waals surface area contributed by atoms with E-state index in [0.29, 0.717) is 12.0 Å². The summed E-state index contributed by atoms with van der Waals surface area (Å²) >= 11 is 0. The summed E-state index contributed by atoms with van der Waals surface area (Å²) < 4.78 is 5.73. The predicted molar refractivity (Wildman–Crippen MR) is 76.4 cm³/mol. The Labute approximate surface area is 109 Å². The highest BCUT2D eigenvalue weighted by Crippen LogP contribution is 2.19. The number of ether oxygens (including phenoxy) is 1. The Morgan fingerprint density at radius 2 is 1.53 bits per heavy atom. The molecule has 2 heteroatoms. The van der Waals surface area contributed by atoms with Gasteiger partial charge in [0.2, 0.25) is 0 Å². The molecule has 0 bridgehead atoms. The molecular formula is C15H33NO. The van der Waals surface area contributed by atoms with E-state index < -0.39 is 0 Å².